The van der Waals surface area contributed by atoms with Crippen molar-refractivity contribution in [2.24, 2.45) is 0 Å². The van der Waals surface area contributed by atoms with E-state index in [1.807, 2.05) is 0 Å². The van der Waals surface area contributed by atoms with E-state index in [1.54, 1.807) is 0 Å². The van der Waals surface area contributed by atoms with E-state index >= 15 is 0 Å². The van der Waals surface area contributed by atoms with E-state index in [-0.39, 0.29) is 5.54 Å². The van der Waals surface area contributed by atoms with Gasteiger partial charge in [0.25, 0.3) is 0 Å². The van der Waals surface area contributed by atoms with Gasteiger partial charge in [0.2, 0.25) is 0 Å². The summed E-state index contributed by atoms with van der Waals surface area (Å²) in [5.74, 6) is 0.478. The number of carbonyl (C=O) groups excluding carboxylic acids is 1. The number of carbonyl (C=O) groups is 1. The zero-order valence-electron chi connectivity index (χ0n) is 10.9. The molecule has 0 aromatic rings. The van der Waals surface area contributed by atoms with Crippen molar-refractivity contribution in [3.63, 3.8) is 0 Å². The lowest BCUT2D eigenvalue weighted by Crippen LogP contribution is -2.64. The molecule has 3 nitrogen and oxygen atoms in total. The minimum atomic E-state index is 0.163. The third-order valence-corrected chi connectivity index (χ3v) is 5.23. The lowest BCUT2D eigenvalue weighted by Gasteiger charge is -2.54. The van der Waals surface area contributed by atoms with Crippen LogP contribution in [0.5, 0.6) is 0 Å². The van der Waals surface area contributed by atoms with Crippen molar-refractivity contribution in [2.75, 3.05) is 6.61 Å². The van der Waals surface area contributed by atoms with Crippen LogP contribution in [0.4, 0.5) is 0 Å². The van der Waals surface area contributed by atoms with Gasteiger partial charge in [0, 0.05) is 37.1 Å². The number of piperidine rings is 2. The minimum Gasteiger partial charge on any atom is -0.377 e. The van der Waals surface area contributed by atoms with E-state index in [0.29, 0.717) is 24.0 Å². The van der Waals surface area contributed by atoms with Crippen molar-refractivity contribution < 1.29 is 9.53 Å². The van der Waals surface area contributed by atoms with E-state index in [1.165, 1.54) is 19.3 Å². The van der Waals surface area contributed by atoms with Gasteiger partial charge in [-0.15, -0.1) is 0 Å². The Labute approximate surface area is 104 Å². The van der Waals surface area contributed by atoms with Crippen LogP contribution in [-0.4, -0.2) is 41.0 Å². The monoisotopic (exact) mass is 237 g/mol. The van der Waals surface area contributed by atoms with Crippen LogP contribution in [-0.2, 0) is 9.53 Å². The van der Waals surface area contributed by atoms with E-state index in [0.717, 1.165) is 25.9 Å². The zero-order chi connectivity index (χ0) is 12.0. The van der Waals surface area contributed by atoms with Crippen LogP contribution in [0, 0.1) is 0 Å². The number of nitrogens with zero attached hydrogens (tertiary/aromatic N) is 1. The summed E-state index contributed by atoms with van der Waals surface area (Å²) in [7, 11) is 0. The molecule has 0 radical (unpaired) electrons. The normalized spacial score (nSPS) is 47.4. The molecule has 0 saturated carbocycles. The summed E-state index contributed by atoms with van der Waals surface area (Å²) in [5, 5.41) is 0. The number of ketones is 1. The Bertz CT molecular complexity index is 314. The van der Waals surface area contributed by atoms with Gasteiger partial charge < -0.3 is 4.74 Å². The SMILES string of the molecule is CC1OCCC1(C)N1C2CCCC1CC(=O)C2. The smallest absolute Gasteiger partial charge is 0.136 e. The van der Waals surface area contributed by atoms with Gasteiger partial charge >= 0.3 is 0 Å². The van der Waals surface area contributed by atoms with Gasteiger partial charge in [-0.2, -0.15) is 0 Å². The second-order valence-corrected chi connectivity index (χ2v) is 6.21. The van der Waals surface area contributed by atoms with Gasteiger partial charge in [0.05, 0.1) is 6.10 Å². The topological polar surface area (TPSA) is 29.5 Å². The third-order valence-electron chi connectivity index (χ3n) is 5.23. The van der Waals surface area contributed by atoms with Crippen molar-refractivity contribution in [1.82, 2.24) is 4.90 Å². The van der Waals surface area contributed by atoms with Gasteiger partial charge in [-0.25, -0.2) is 0 Å². The predicted molar refractivity (Wildman–Crippen MR) is 65.9 cm³/mol. The molecule has 3 aliphatic heterocycles. The summed E-state index contributed by atoms with van der Waals surface area (Å²) in [6, 6.07) is 0.980. The molecule has 3 aliphatic rings. The summed E-state index contributed by atoms with van der Waals surface area (Å²) in [5.41, 5.74) is 0.163. The number of rotatable bonds is 1. The Kier molecular flexibility index (Phi) is 2.79. The third kappa shape index (κ3) is 1.75. The van der Waals surface area contributed by atoms with Crippen LogP contribution < -0.4 is 0 Å². The molecule has 96 valence electrons. The standard InChI is InChI=1S/C14H23NO2/c1-10-14(2,6-7-17-10)15-11-4-3-5-12(15)9-13(16)8-11/h10-12H,3-9H2,1-2H3. The Morgan fingerprint density at radius 1 is 1.29 bits per heavy atom. The van der Waals surface area contributed by atoms with E-state index in [2.05, 4.69) is 18.7 Å². The predicted octanol–water partition coefficient (Wildman–Crippen LogP) is 2.14. The molecule has 0 aromatic heterocycles. The Balaban J connectivity index is 1.89. The summed E-state index contributed by atoms with van der Waals surface area (Å²) >= 11 is 0. The minimum absolute atomic E-state index is 0.163. The molecule has 3 rings (SSSR count). The molecule has 3 heterocycles. The molecule has 17 heavy (non-hydrogen) atoms. The average Bonchev–Trinajstić information content (AvgIpc) is 2.58. The molecule has 0 N–H and O–H groups in total. The number of hydrogen-bond donors (Lipinski definition) is 0. The van der Waals surface area contributed by atoms with E-state index < -0.39 is 0 Å². The molecule has 0 aliphatic carbocycles. The van der Waals surface area contributed by atoms with Crippen LogP contribution in [0.15, 0.2) is 0 Å². The highest BCUT2D eigenvalue weighted by Gasteiger charge is 2.51. The molecule has 4 atom stereocenters. The summed E-state index contributed by atoms with van der Waals surface area (Å²) < 4.78 is 5.79. The molecular weight excluding hydrogens is 214 g/mol. The molecular formula is C14H23NO2. The van der Waals surface area contributed by atoms with Crippen molar-refractivity contribution >= 4 is 5.78 Å². The molecule has 0 aromatic carbocycles. The van der Waals surface area contributed by atoms with Gasteiger partial charge in [-0.1, -0.05) is 6.42 Å². The number of hydrogen-bond acceptors (Lipinski definition) is 3. The van der Waals surface area contributed by atoms with Crippen molar-refractivity contribution in [3.05, 3.63) is 0 Å². The molecule has 0 amide bonds. The Morgan fingerprint density at radius 2 is 1.94 bits per heavy atom. The first-order valence-electron chi connectivity index (χ1n) is 7.03. The largest absolute Gasteiger partial charge is 0.377 e. The van der Waals surface area contributed by atoms with Crippen molar-refractivity contribution in [2.45, 2.75) is 76.1 Å². The lowest BCUT2D eigenvalue weighted by atomic mass is 9.77. The van der Waals surface area contributed by atoms with Crippen molar-refractivity contribution in [3.8, 4) is 0 Å². The molecule has 0 spiro atoms. The van der Waals surface area contributed by atoms with Crippen molar-refractivity contribution in [1.29, 1.82) is 0 Å². The number of ether oxygens (including phenoxy) is 1. The second kappa shape index (κ2) is 4.06. The molecule has 4 unspecified atom stereocenters. The molecule has 3 fully saturated rings. The maximum atomic E-state index is 11.8. The molecule has 3 heteroatoms. The Hall–Kier alpha value is -0.410. The fourth-order valence-electron chi connectivity index (χ4n) is 4.17. The Morgan fingerprint density at radius 3 is 2.47 bits per heavy atom. The van der Waals surface area contributed by atoms with Gasteiger partial charge in [0.1, 0.15) is 5.78 Å². The molecule has 3 saturated heterocycles. The quantitative estimate of drug-likeness (QED) is 0.700. The fraction of sp³-hybridized carbons (Fsp3) is 0.929. The van der Waals surface area contributed by atoms with E-state index in [9.17, 15) is 4.79 Å². The lowest BCUT2D eigenvalue weighted by molar-refractivity contribution is -0.134. The fourth-order valence-corrected chi connectivity index (χ4v) is 4.17. The summed E-state index contributed by atoms with van der Waals surface area (Å²) in [4.78, 5) is 14.4. The first-order chi connectivity index (χ1) is 8.11. The van der Waals surface area contributed by atoms with Gasteiger partial charge in [0.15, 0.2) is 0 Å². The van der Waals surface area contributed by atoms with Crippen LogP contribution in [0.2, 0.25) is 0 Å². The summed E-state index contributed by atoms with van der Waals surface area (Å²) in [6.45, 7) is 5.41. The number of Topliss-reactive ketones (excluding diaryl/α,β-unsaturated/α-hetero) is 1. The van der Waals surface area contributed by atoms with Crippen LogP contribution in [0.25, 0.3) is 0 Å². The maximum absolute atomic E-state index is 11.8. The molecule has 2 bridgehead atoms. The van der Waals surface area contributed by atoms with Gasteiger partial charge in [-0.3, -0.25) is 9.69 Å². The highest BCUT2D eigenvalue weighted by Crippen LogP contribution is 2.43. The maximum Gasteiger partial charge on any atom is 0.136 e. The first-order valence-corrected chi connectivity index (χ1v) is 7.03. The second-order valence-electron chi connectivity index (χ2n) is 6.21. The number of fused-ring (bicyclic) bond motifs is 2. The van der Waals surface area contributed by atoms with E-state index in [4.69, 9.17) is 4.74 Å². The highest BCUT2D eigenvalue weighted by molar-refractivity contribution is 5.80. The average molecular weight is 237 g/mol. The van der Waals surface area contributed by atoms with Gasteiger partial charge in [-0.05, 0) is 33.1 Å². The zero-order valence-corrected chi connectivity index (χ0v) is 10.9. The van der Waals surface area contributed by atoms with Crippen LogP contribution in [0.3, 0.4) is 0 Å². The van der Waals surface area contributed by atoms with Crippen LogP contribution >= 0.6 is 0 Å². The first kappa shape index (κ1) is 11.7. The summed E-state index contributed by atoms with van der Waals surface area (Å²) in [6.07, 6.45) is 6.67. The highest BCUT2D eigenvalue weighted by atomic mass is 16.5. The van der Waals surface area contributed by atoms with Crippen LogP contribution in [0.1, 0.15) is 52.4 Å².